The molecule has 0 bridgehead atoms. The Hall–Kier alpha value is -0.130. The molecule has 3 unspecified atom stereocenters. The molecule has 3 atom stereocenters. The molecule has 0 aromatic rings. The van der Waals surface area contributed by atoms with Gasteiger partial charge in [-0.15, -0.1) is 0 Å². The van der Waals surface area contributed by atoms with E-state index in [9.17, 15) is 8.42 Å². The fourth-order valence-corrected chi connectivity index (χ4v) is 5.87. The van der Waals surface area contributed by atoms with Gasteiger partial charge in [-0.3, -0.25) is 0 Å². The van der Waals surface area contributed by atoms with E-state index in [1.54, 1.807) is 4.31 Å². The van der Waals surface area contributed by atoms with E-state index in [1.165, 1.54) is 0 Å². The zero-order valence-electron chi connectivity index (χ0n) is 15.4. The van der Waals surface area contributed by atoms with Crippen LogP contribution in [0.4, 0.5) is 0 Å². The average molecular weight is 333 g/mol. The van der Waals surface area contributed by atoms with Crippen molar-refractivity contribution in [3.05, 3.63) is 0 Å². The Morgan fingerprint density at radius 2 is 1.59 bits per heavy atom. The van der Waals surface area contributed by atoms with Crippen molar-refractivity contribution in [3.8, 4) is 0 Å². The van der Waals surface area contributed by atoms with Gasteiger partial charge in [0.05, 0.1) is 5.25 Å². The third-order valence-corrected chi connectivity index (χ3v) is 8.56. The van der Waals surface area contributed by atoms with E-state index in [2.05, 4.69) is 39.5 Å². The minimum absolute atomic E-state index is 0.149. The lowest BCUT2D eigenvalue weighted by atomic mass is 9.71. The molecule has 22 heavy (non-hydrogen) atoms. The zero-order chi connectivity index (χ0) is 17.0. The highest BCUT2D eigenvalue weighted by atomic mass is 32.2. The van der Waals surface area contributed by atoms with Crippen molar-refractivity contribution in [1.29, 1.82) is 0 Å². The van der Waals surface area contributed by atoms with E-state index in [0.29, 0.717) is 19.0 Å². The van der Waals surface area contributed by atoms with Gasteiger partial charge in [-0.25, -0.2) is 8.42 Å². The van der Waals surface area contributed by atoms with Crippen LogP contribution in [0, 0.1) is 11.3 Å². The van der Waals surface area contributed by atoms with Gasteiger partial charge in [-0.05, 0) is 31.2 Å². The molecule has 0 aliphatic carbocycles. The maximum atomic E-state index is 13.1. The molecule has 5 heteroatoms. The summed E-state index contributed by atoms with van der Waals surface area (Å²) in [5, 5.41) is -0.317. The van der Waals surface area contributed by atoms with E-state index in [4.69, 9.17) is 0 Å². The summed E-state index contributed by atoms with van der Waals surface area (Å²) in [4.78, 5) is 2.32. The van der Waals surface area contributed by atoms with Gasteiger partial charge in [0, 0.05) is 26.2 Å². The van der Waals surface area contributed by atoms with Crippen LogP contribution in [0.3, 0.4) is 0 Å². The normalized spacial score (nSPS) is 23.9. The highest BCUT2D eigenvalue weighted by molar-refractivity contribution is 7.89. The largest absolute Gasteiger partial charge is 0.301 e. The van der Waals surface area contributed by atoms with Crippen molar-refractivity contribution in [2.24, 2.45) is 11.3 Å². The minimum atomic E-state index is -3.22. The van der Waals surface area contributed by atoms with E-state index in [1.807, 2.05) is 6.92 Å². The Labute approximate surface area is 138 Å². The molecule has 1 saturated heterocycles. The molecular formula is C17H36N2O2S. The summed E-state index contributed by atoms with van der Waals surface area (Å²) in [6.07, 6.45) is 3.03. The number of sulfonamides is 1. The Morgan fingerprint density at radius 3 is 2.00 bits per heavy atom. The predicted molar refractivity (Wildman–Crippen MR) is 94.5 cm³/mol. The monoisotopic (exact) mass is 332 g/mol. The molecule has 0 amide bonds. The Balaban J connectivity index is 2.94. The Morgan fingerprint density at radius 1 is 1.05 bits per heavy atom. The van der Waals surface area contributed by atoms with Crippen molar-refractivity contribution >= 4 is 10.0 Å². The molecule has 1 aliphatic heterocycles. The maximum absolute atomic E-state index is 13.1. The second-order valence-electron chi connectivity index (χ2n) is 7.09. The van der Waals surface area contributed by atoms with Gasteiger partial charge in [0.2, 0.25) is 10.0 Å². The highest BCUT2D eigenvalue weighted by Crippen LogP contribution is 2.42. The maximum Gasteiger partial charge on any atom is 0.217 e. The topological polar surface area (TPSA) is 40.6 Å². The first-order valence-corrected chi connectivity index (χ1v) is 10.5. The highest BCUT2D eigenvalue weighted by Gasteiger charge is 2.44. The van der Waals surface area contributed by atoms with Crippen molar-refractivity contribution in [2.75, 3.05) is 32.7 Å². The van der Waals surface area contributed by atoms with Crippen LogP contribution in [0.1, 0.15) is 60.8 Å². The van der Waals surface area contributed by atoms with Crippen LogP contribution in [-0.2, 0) is 10.0 Å². The summed E-state index contributed by atoms with van der Waals surface area (Å²) in [5.74, 6) is 0.411. The number of hydrogen-bond donors (Lipinski definition) is 0. The van der Waals surface area contributed by atoms with Crippen LogP contribution < -0.4 is 0 Å². The smallest absolute Gasteiger partial charge is 0.217 e. The zero-order valence-corrected chi connectivity index (χ0v) is 16.2. The predicted octanol–water partition coefficient (Wildman–Crippen LogP) is 3.19. The number of nitrogens with zero attached hydrogens (tertiary/aromatic N) is 2. The van der Waals surface area contributed by atoms with Gasteiger partial charge >= 0.3 is 0 Å². The van der Waals surface area contributed by atoms with E-state index in [0.717, 1.165) is 38.9 Å². The number of rotatable bonds is 8. The van der Waals surface area contributed by atoms with Crippen molar-refractivity contribution in [2.45, 2.75) is 66.1 Å². The summed E-state index contributed by atoms with van der Waals surface area (Å²) in [5.41, 5.74) is -0.149. The summed E-state index contributed by atoms with van der Waals surface area (Å²) in [7, 11) is -3.22. The summed E-state index contributed by atoms with van der Waals surface area (Å²) >= 11 is 0. The molecule has 0 radical (unpaired) electrons. The molecule has 0 N–H and O–H groups in total. The second kappa shape index (κ2) is 8.11. The first-order valence-electron chi connectivity index (χ1n) is 8.95. The molecule has 1 aliphatic rings. The molecular weight excluding hydrogens is 296 g/mol. The fourth-order valence-electron chi connectivity index (χ4n) is 3.72. The Kier molecular flexibility index (Phi) is 7.34. The molecule has 1 fully saturated rings. The quantitative estimate of drug-likeness (QED) is 0.685. The molecule has 0 saturated carbocycles. The van der Waals surface area contributed by atoms with Crippen LogP contribution >= 0.6 is 0 Å². The number of likely N-dealkylation sites (N-methyl/N-ethyl adjacent to an activating group) is 1. The van der Waals surface area contributed by atoms with Gasteiger partial charge < -0.3 is 4.90 Å². The molecule has 0 spiro atoms. The van der Waals surface area contributed by atoms with Crippen molar-refractivity contribution in [3.63, 3.8) is 0 Å². The van der Waals surface area contributed by atoms with Gasteiger partial charge in [-0.2, -0.15) is 4.31 Å². The molecule has 1 heterocycles. The standard InChI is InChI=1S/C17H36N2O2S/c1-7-10-17(6,15(4)8-2)16(5)22(20,21)19-13-11-18(9-3)12-14-19/h15-16H,7-14H2,1-6H3. The van der Waals surface area contributed by atoms with Crippen LogP contribution in [-0.4, -0.2) is 55.6 Å². The lowest BCUT2D eigenvalue weighted by Gasteiger charge is -2.43. The summed E-state index contributed by atoms with van der Waals surface area (Å²) in [6, 6.07) is 0. The SMILES string of the molecule is CCCC(C)(C(C)CC)C(C)S(=O)(=O)N1CCN(CC)CC1. The molecule has 0 aromatic carbocycles. The first-order chi connectivity index (χ1) is 10.2. The minimum Gasteiger partial charge on any atom is -0.301 e. The van der Waals surface area contributed by atoms with Crippen LogP contribution in [0.2, 0.25) is 0 Å². The molecule has 1 rings (SSSR count). The van der Waals surface area contributed by atoms with E-state index >= 15 is 0 Å². The van der Waals surface area contributed by atoms with Gasteiger partial charge in [0.1, 0.15) is 0 Å². The number of hydrogen-bond acceptors (Lipinski definition) is 3. The Bertz CT molecular complexity index is 430. The van der Waals surface area contributed by atoms with Crippen LogP contribution in [0.25, 0.3) is 0 Å². The van der Waals surface area contributed by atoms with Crippen molar-refractivity contribution in [1.82, 2.24) is 9.21 Å². The van der Waals surface area contributed by atoms with E-state index < -0.39 is 10.0 Å². The third-order valence-electron chi connectivity index (χ3n) is 6.04. The number of piperazine rings is 1. The average Bonchev–Trinajstić information content (AvgIpc) is 2.53. The summed E-state index contributed by atoms with van der Waals surface area (Å²) < 4.78 is 28.0. The third kappa shape index (κ3) is 4.04. The van der Waals surface area contributed by atoms with Gasteiger partial charge in [-0.1, -0.05) is 47.5 Å². The molecule has 0 aromatic heterocycles. The van der Waals surface area contributed by atoms with E-state index in [-0.39, 0.29) is 10.7 Å². The van der Waals surface area contributed by atoms with Crippen LogP contribution in [0.15, 0.2) is 0 Å². The first kappa shape index (κ1) is 19.9. The molecule has 132 valence electrons. The van der Waals surface area contributed by atoms with Gasteiger partial charge in [0.25, 0.3) is 0 Å². The second-order valence-corrected chi connectivity index (χ2v) is 9.34. The summed E-state index contributed by atoms with van der Waals surface area (Å²) in [6.45, 7) is 16.8. The fraction of sp³-hybridized carbons (Fsp3) is 1.00. The van der Waals surface area contributed by atoms with Gasteiger partial charge in [0.15, 0.2) is 0 Å². The lowest BCUT2D eigenvalue weighted by Crippen LogP contribution is -2.54. The van der Waals surface area contributed by atoms with Crippen molar-refractivity contribution < 1.29 is 8.42 Å². The molecule has 4 nitrogen and oxygen atoms in total. The lowest BCUT2D eigenvalue weighted by molar-refractivity contribution is 0.158. The van der Waals surface area contributed by atoms with Crippen LogP contribution in [0.5, 0.6) is 0 Å².